The highest BCUT2D eigenvalue weighted by Gasteiger charge is 2.15. The molecule has 1 heterocycles. The minimum absolute atomic E-state index is 0.118. The summed E-state index contributed by atoms with van der Waals surface area (Å²) in [5.41, 5.74) is 4.10. The first-order chi connectivity index (χ1) is 11.4. The number of ether oxygens (including phenoxy) is 1. The van der Waals surface area contributed by atoms with E-state index in [9.17, 15) is 9.90 Å². The number of aromatic nitrogens is 1. The Morgan fingerprint density at radius 2 is 2.04 bits per heavy atom. The Morgan fingerprint density at radius 1 is 1.33 bits per heavy atom. The molecule has 1 aromatic carbocycles. The van der Waals surface area contributed by atoms with Crippen LogP contribution in [0.25, 0.3) is 10.9 Å². The van der Waals surface area contributed by atoms with E-state index >= 15 is 0 Å². The fraction of sp³-hybridized carbons (Fsp3) is 0.526. The van der Waals surface area contributed by atoms with Crippen LogP contribution in [0, 0.1) is 19.8 Å². The van der Waals surface area contributed by atoms with Gasteiger partial charge in [-0.05, 0) is 43.5 Å². The number of amides is 1. The first-order valence-corrected chi connectivity index (χ1v) is 8.41. The van der Waals surface area contributed by atoms with E-state index in [0.717, 1.165) is 17.4 Å². The van der Waals surface area contributed by atoms with E-state index in [-0.39, 0.29) is 18.4 Å². The van der Waals surface area contributed by atoms with Gasteiger partial charge in [0.15, 0.2) is 0 Å². The Morgan fingerprint density at radius 3 is 2.67 bits per heavy atom. The van der Waals surface area contributed by atoms with Gasteiger partial charge in [-0.25, -0.2) is 0 Å². The van der Waals surface area contributed by atoms with Crippen molar-refractivity contribution in [3.63, 3.8) is 0 Å². The molecule has 0 radical (unpaired) electrons. The van der Waals surface area contributed by atoms with E-state index in [1.807, 2.05) is 32.0 Å². The molecule has 2 aromatic rings. The van der Waals surface area contributed by atoms with Gasteiger partial charge in [0.2, 0.25) is 0 Å². The van der Waals surface area contributed by atoms with Gasteiger partial charge in [-0.3, -0.25) is 4.79 Å². The zero-order chi connectivity index (χ0) is 17.9. The van der Waals surface area contributed by atoms with Crippen LogP contribution in [0.4, 0.5) is 0 Å². The Balaban J connectivity index is 2.25. The summed E-state index contributed by atoms with van der Waals surface area (Å²) >= 11 is 0. The molecule has 5 heteroatoms. The lowest BCUT2D eigenvalue weighted by Crippen LogP contribution is -2.34. The predicted molar refractivity (Wildman–Crippen MR) is 96.5 cm³/mol. The van der Waals surface area contributed by atoms with Crippen LogP contribution in [0.2, 0.25) is 0 Å². The van der Waals surface area contributed by atoms with Gasteiger partial charge in [-0.15, -0.1) is 0 Å². The van der Waals surface area contributed by atoms with E-state index in [1.54, 1.807) is 7.11 Å². The van der Waals surface area contributed by atoms with Gasteiger partial charge in [-0.2, -0.15) is 0 Å². The third-order valence-electron chi connectivity index (χ3n) is 4.66. The molecule has 0 fully saturated rings. The lowest BCUT2D eigenvalue weighted by Gasteiger charge is -2.15. The summed E-state index contributed by atoms with van der Waals surface area (Å²) in [6.45, 7) is 9.73. The number of nitrogens with one attached hydrogen (secondary N) is 1. The van der Waals surface area contributed by atoms with Crippen molar-refractivity contribution < 1.29 is 14.6 Å². The van der Waals surface area contributed by atoms with E-state index in [2.05, 4.69) is 23.7 Å². The number of hydrogen-bond acceptors (Lipinski definition) is 3. The molecule has 2 N–H and O–H groups in total. The molecular weight excluding hydrogens is 304 g/mol. The molecule has 0 saturated carbocycles. The maximum Gasteiger partial charge on any atom is 0.251 e. The average Bonchev–Trinajstić information content (AvgIpc) is 2.81. The molecule has 0 aliphatic rings. The van der Waals surface area contributed by atoms with Gasteiger partial charge in [0.25, 0.3) is 5.91 Å². The number of aliphatic hydroxyl groups is 1. The summed E-state index contributed by atoms with van der Waals surface area (Å²) in [5.74, 6) is -0.0363. The van der Waals surface area contributed by atoms with Crippen LogP contribution in [-0.2, 0) is 11.3 Å². The Kier molecular flexibility index (Phi) is 6.02. The number of hydrogen-bond donors (Lipinski definition) is 2. The molecule has 2 rings (SSSR count). The maximum absolute atomic E-state index is 12.3. The summed E-state index contributed by atoms with van der Waals surface area (Å²) in [6, 6.07) is 5.75. The highest BCUT2D eigenvalue weighted by molar-refractivity contribution is 5.99. The van der Waals surface area contributed by atoms with Crippen LogP contribution < -0.4 is 5.32 Å². The topological polar surface area (TPSA) is 63.5 Å². The van der Waals surface area contributed by atoms with E-state index < -0.39 is 6.10 Å². The number of nitrogens with zero attached hydrogens (tertiary/aromatic N) is 1. The maximum atomic E-state index is 12.3. The molecule has 0 aliphatic heterocycles. The lowest BCUT2D eigenvalue weighted by molar-refractivity contribution is 0.0871. The van der Waals surface area contributed by atoms with Crippen LogP contribution in [-0.4, -0.2) is 41.9 Å². The van der Waals surface area contributed by atoms with Crippen LogP contribution >= 0.6 is 0 Å². The zero-order valence-electron chi connectivity index (χ0n) is 15.2. The van der Waals surface area contributed by atoms with Crippen molar-refractivity contribution in [3.05, 3.63) is 35.0 Å². The van der Waals surface area contributed by atoms with E-state index in [4.69, 9.17) is 4.74 Å². The normalized spacial score (nSPS) is 12.8. The Bertz CT molecular complexity index is 719. The summed E-state index contributed by atoms with van der Waals surface area (Å²) in [6.07, 6.45) is -0.531. The third-order valence-corrected chi connectivity index (χ3v) is 4.66. The second-order valence-electron chi connectivity index (χ2n) is 6.61. The number of rotatable bonds is 7. The van der Waals surface area contributed by atoms with Gasteiger partial charge in [0.05, 0.1) is 12.7 Å². The van der Waals surface area contributed by atoms with Crippen molar-refractivity contribution >= 4 is 16.8 Å². The second kappa shape index (κ2) is 7.81. The molecule has 0 spiro atoms. The zero-order valence-corrected chi connectivity index (χ0v) is 15.2. The van der Waals surface area contributed by atoms with Gasteiger partial charge in [-0.1, -0.05) is 13.8 Å². The van der Waals surface area contributed by atoms with Crippen molar-refractivity contribution in [1.29, 1.82) is 0 Å². The highest BCUT2D eigenvalue weighted by Crippen LogP contribution is 2.26. The first-order valence-electron chi connectivity index (χ1n) is 8.41. The number of benzene rings is 1. The van der Waals surface area contributed by atoms with Crippen molar-refractivity contribution in [2.45, 2.75) is 40.3 Å². The van der Waals surface area contributed by atoms with Crippen LogP contribution in [0.1, 0.15) is 35.5 Å². The number of carbonyl (C=O) groups is 1. The molecule has 1 atom stereocenters. The minimum atomic E-state index is -0.531. The predicted octanol–water partition coefficient (Wildman–Crippen LogP) is 2.65. The number of aryl methyl sites for hydroxylation is 1. The fourth-order valence-corrected chi connectivity index (χ4v) is 2.80. The standard InChI is InChI=1S/C19H28N2O3/c1-12(2)18(22)11-20-19(23)15-6-7-17-16(10-15)13(3)14(4)21(17)8-9-24-5/h6-7,10,12,18,22H,8-9,11H2,1-5H3,(H,20,23). The highest BCUT2D eigenvalue weighted by atomic mass is 16.5. The van der Waals surface area contributed by atoms with Crippen LogP contribution in [0.3, 0.4) is 0 Å². The molecule has 1 amide bonds. The van der Waals surface area contributed by atoms with Gasteiger partial charge in [0, 0.05) is 42.4 Å². The SMILES string of the molecule is COCCn1c(C)c(C)c2cc(C(=O)NCC(O)C(C)C)ccc21. The summed E-state index contributed by atoms with van der Waals surface area (Å²) in [5, 5.41) is 13.7. The Labute approximate surface area is 143 Å². The van der Waals surface area contributed by atoms with E-state index in [0.29, 0.717) is 12.2 Å². The molecule has 0 saturated heterocycles. The summed E-state index contributed by atoms with van der Waals surface area (Å²) < 4.78 is 7.41. The Hall–Kier alpha value is -1.85. The van der Waals surface area contributed by atoms with Crippen molar-refractivity contribution in [1.82, 2.24) is 9.88 Å². The van der Waals surface area contributed by atoms with Crippen molar-refractivity contribution in [3.8, 4) is 0 Å². The van der Waals surface area contributed by atoms with Crippen molar-refractivity contribution in [2.24, 2.45) is 5.92 Å². The van der Waals surface area contributed by atoms with Crippen LogP contribution in [0.5, 0.6) is 0 Å². The fourth-order valence-electron chi connectivity index (χ4n) is 2.80. The van der Waals surface area contributed by atoms with Crippen molar-refractivity contribution in [2.75, 3.05) is 20.3 Å². The summed E-state index contributed by atoms with van der Waals surface area (Å²) in [4.78, 5) is 12.3. The van der Waals surface area contributed by atoms with Crippen LogP contribution in [0.15, 0.2) is 18.2 Å². The lowest BCUT2D eigenvalue weighted by atomic mass is 10.1. The quantitative estimate of drug-likeness (QED) is 0.819. The average molecular weight is 332 g/mol. The molecule has 132 valence electrons. The van der Waals surface area contributed by atoms with E-state index in [1.165, 1.54) is 11.3 Å². The molecule has 0 bridgehead atoms. The molecule has 24 heavy (non-hydrogen) atoms. The molecule has 5 nitrogen and oxygen atoms in total. The number of carbonyl (C=O) groups excluding carboxylic acids is 1. The second-order valence-corrected chi connectivity index (χ2v) is 6.61. The summed E-state index contributed by atoms with van der Waals surface area (Å²) in [7, 11) is 1.70. The number of aliphatic hydroxyl groups excluding tert-OH is 1. The smallest absolute Gasteiger partial charge is 0.251 e. The number of fused-ring (bicyclic) bond motifs is 1. The number of methoxy groups -OCH3 is 1. The largest absolute Gasteiger partial charge is 0.391 e. The first kappa shape index (κ1) is 18.5. The van der Waals surface area contributed by atoms with Gasteiger partial charge < -0.3 is 19.7 Å². The van der Waals surface area contributed by atoms with Gasteiger partial charge >= 0.3 is 0 Å². The third kappa shape index (κ3) is 3.79. The molecule has 0 aliphatic carbocycles. The molecular formula is C19H28N2O3. The molecule has 1 unspecified atom stereocenters. The molecule has 1 aromatic heterocycles. The van der Waals surface area contributed by atoms with Gasteiger partial charge in [0.1, 0.15) is 0 Å². The minimum Gasteiger partial charge on any atom is -0.391 e. The monoisotopic (exact) mass is 332 g/mol.